The third-order valence-corrected chi connectivity index (χ3v) is 6.49. The summed E-state index contributed by atoms with van der Waals surface area (Å²) in [7, 11) is 0. The Balaban J connectivity index is 1.67. The minimum atomic E-state index is -0.965. The molecule has 1 aliphatic rings. The van der Waals surface area contributed by atoms with Gasteiger partial charge in [0.1, 0.15) is 30.0 Å². The number of halogens is 1. The lowest BCUT2D eigenvalue weighted by Gasteiger charge is -2.35. The van der Waals surface area contributed by atoms with E-state index in [-0.39, 0.29) is 25.1 Å². The van der Waals surface area contributed by atoms with Crippen LogP contribution in [0.15, 0.2) is 48.8 Å². The van der Waals surface area contributed by atoms with Crippen molar-refractivity contribution in [2.24, 2.45) is 0 Å². The number of piperidine rings is 1. The van der Waals surface area contributed by atoms with E-state index in [1.807, 2.05) is 26.0 Å². The average Bonchev–Trinajstić information content (AvgIpc) is 2.96. The lowest BCUT2D eigenvalue weighted by molar-refractivity contribution is 0.0534. The van der Waals surface area contributed by atoms with Gasteiger partial charge in [-0.05, 0) is 75.2 Å². The van der Waals surface area contributed by atoms with Crippen LogP contribution >= 0.6 is 0 Å². The molecule has 3 N–H and O–H groups in total. The number of aliphatic hydroxyl groups is 2. The highest BCUT2D eigenvalue weighted by Gasteiger charge is 2.25. The van der Waals surface area contributed by atoms with E-state index >= 15 is 0 Å². The van der Waals surface area contributed by atoms with E-state index in [9.17, 15) is 9.50 Å². The molecule has 1 unspecified atom stereocenters. The summed E-state index contributed by atoms with van der Waals surface area (Å²) in [6.07, 6.45) is 4.07. The van der Waals surface area contributed by atoms with E-state index in [1.165, 1.54) is 12.1 Å². The van der Waals surface area contributed by atoms with Gasteiger partial charge in [-0.15, -0.1) is 0 Å². The largest absolute Gasteiger partial charge is 0.493 e. The van der Waals surface area contributed by atoms with Gasteiger partial charge in [0.25, 0.3) is 0 Å². The molecule has 0 amide bonds. The van der Waals surface area contributed by atoms with Gasteiger partial charge in [-0.2, -0.15) is 0 Å². The van der Waals surface area contributed by atoms with Crippen molar-refractivity contribution >= 4 is 5.95 Å². The number of hydrogen-bond acceptors (Lipinski definition) is 9. The summed E-state index contributed by atoms with van der Waals surface area (Å²) in [6.45, 7) is 6.71. The van der Waals surface area contributed by atoms with Crippen molar-refractivity contribution in [3.63, 3.8) is 0 Å². The smallest absolute Gasteiger partial charge is 0.226 e. The normalized spacial score (nSPS) is 14.6. The van der Waals surface area contributed by atoms with Crippen LogP contribution in [-0.4, -0.2) is 71.8 Å². The zero-order chi connectivity index (χ0) is 27.6. The number of hydrogen-bond donors (Lipinski definition) is 3. The molecule has 39 heavy (non-hydrogen) atoms. The third-order valence-electron chi connectivity index (χ3n) is 6.49. The number of rotatable bonds is 13. The van der Waals surface area contributed by atoms with Crippen LogP contribution in [0.3, 0.4) is 0 Å². The second-order valence-electron chi connectivity index (χ2n) is 9.32. The lowest BCUT2D eigenvalue weighted by Crippen LogP contribution is -2.43. The van der Waals surface area contributed by atoms with Crippen LogP contribution in [0.25, 0.3) is 11.1 Å². The first kappa shape index (κ1) is 28.5. The van der Waals surface area contributed by atoms with Crippen molar-refractivity contribution < 1.29 is 28.8 Å². The topological polar surface area (TPSA) is 109 Å². The highest BCUT2D eigenvalue weighted by atomic mass is 19.1. The van der Waals surface area contributed by atoms with Crippen molar-refractivity contribution in [1.82, 2.24) is 15.3 Å². The molecule has 1 saturated heterocycles. The van der Waals surface area contributed by atoms with Crippen molar-refractivity contribution in [2.45, 2.75) is 45.4 Å². The van der Waals surface area contributed by atoms with Crippen LogP contribution in [0.4, 0.5) is 10.3 Å². The van der Waals surface area contributed by atoms with Gasteiger partial charge in [0, 0.05) is 12.6 Å². The fraction of sp³-hybridized carbons (Fsp3) is 0.448. The molecule has 1 fully saturated rings. The summed E-state index contributed by atoms with van der Waals surface area (Å²) in [5.74, 6) is 2.02. The molecule has 0 saturated carbocycles. The van der Waals surface area contributed by atoms with Gasteiger partial charge in [0.05, 0.1) is 37.8 Å². The molecule has 1 aliphatic heterocycles. The Labute approximate surface area is 228 Å². The van der Waals surface area contributed by atoms with Gasteiger partial charge in [-0.3, -0.25) is 0 Å². The Hall–Kier alpha value is -3.47. The van der Waals surface area contributed by atoms with E-state index in [1.54, 1.807) is 24.5 Å². The van der Waals surface area contributed by atoms with Crippen LogP contribution in [0.1, 0.15) is 32.3 Å². The fourth-order valence-electron chi connectivity index (χ4n) is 4.63. The SMILES string of the molecule is CCOc1cc(CN(c2ncc(OCC(O)CO)cn2)C2CCNCC2)cc(OCC)c1-c1ccc(F)cc1. The first-order valence-corrected chi connectivity index (χ1v) is 13.4. The molecule has 2 aromatic carbocycles. The molecule has 4 rings (SSSR count). The van der Waals surface area contributed by atoms with Gasteiger partial charge in [0.15, 0.2) is 5.75 Å². The Morgan fingerprint density at radius 3 is 2.18 bits per heavy atom. The second-order valence-corrected chi connectivity index (χ2v) is 9.32. The Morgan fingerprint density at radius 2 is 1.62 bits per heavy atom. The van der Waals surface area contributed by atoms with Crippen LogP contribution in [0.2, 0.25) is 0 Å². The maximum absolute atomic E-state index is 13.7. The summed E-state index contributed by atoms with van der Waals surface area (Å²) in [5.41, 5.74) is 2.58. The van der Waals surface area contributed by atoms with E-state index in [0.29, 0.717) is 43.0 Å². The highest BCUT2D eigenvalue weighted by Crippen LogP contribution is 2.41. The summed E-state index contributed by atoms with van der Waals surface area (Å²) in [6, 6.07) is 10.6. The Bertz CT molecular complexity index is 1150. The van der Waals surface area contributed by atoms with Crippen LogP contribution in [0, 0.1) is 5.82 Å². The van der Waals surface area contributed by atoms with Crippen molar-refractivity contribution in [1.29, 1.82) is 0 Å². The first-order valence-electron chi connectivity index (χ1n) is 13.4. The minimum absolute atomic E-state index is 0.0436. The fourth-order valence-corrected chi connectivity index (χ4v) is 4.63. The molecule has 210 valence electrons. The number of aromatic nitrogens is 2. The van der Waals surface area contributed by atoms with Crippen LogP contribution < -0.4 is 24.4 Å². The maximum atomic E-state index is 13.7. The van der Waals surface area contributed by atoms with Crippen LogP contribution in [-0.2, 0) is 6.54 Å². The molecular weight excluding hydrogens is 503 g/mol. The number of benzene rings is 2. The van der Waals surface area contributed by atoms with E-state index in [0.717, 1.165) is 42.6 Å². The predicted molar refractivity (Wildman–Crippen MR) is 147 cm³/mol. The average molecular weight is 541 g/mol. The van der Waals surface area contributed by atoms with E-state index in [4.69, 9.17) is 19.3 Å². The molecule has 9 nitrogen and oxygen atoms in total. The molecule has 2 heterocycles. The quantitative estimate of drug-likeness (QED) is 0.300. The molecule has 0 bridgehead atoms. The van der Waals surface area contributed by atoms with Gasteiger partial charge in [0.2, 0.25) is 5.95 Å². The van der Waals surface area contributed by atoms with Gasteiger partial charge in [-0.25, -0.2) is 14.4 Å². The second kappa shape index (κ2) is 14.1. The van der Waals surface area contributed by atoms with Crippen molar-refractivity contribution in [3.8, 4) is 28.4 Å². The van der Waals surface area contributed by atoms with Gasteiger partial charge < -0.3 is 34.6 Å². The Morgan fingerprint density at radius 1 is 1.00 bits per heavy atom. The number of nitrogens with one attached hydrogen (secondary N) is 1. The van der Waals surface area contributed by atoms with Gasteiger partial charge in [-0.1, -0.05) is 12.1 Å². The molecule has 3 aromatic rings. The molecular formula is C29H37FN4O5. The summed E-state index contributed by atoms with van der Waals surface area (Å²) in [5, 5.41) is 22.0. The third kappa shape index (κ3) is 7.56. The maximum Gasteiger partial charge on any atom is 0.226 e. The standard InChI is InChI=1S/C29H37FN4O5/c1-3-37-26-13-20(14-27(38-4-2)28(26)21-5-7-22(30)8-6-21)17-34(23-9-11-31-12-10-23)29-32-15-25(16-33-29)39-19-24(36)18-35/h5-8,13-16,23-24,31,35-36H,3-4,9-12,17-19H2,1-2H3. The molecule has 0 radical (unpaired) electrons. The number of anilines is 1. The number of ether oxygens (including phenoxy) is 3. The van der Waals surface area contributed by atoms with Gasteiger partial charge >= 0.3 is 0 Å². The lowest BCUT2D eigenvalue weighted by atomic mass is 9.99. The van der Waals surface area contributed by atoms with E-state index in [2.05, 4.69) is 20.2 Å². The van der Waals surface area contributed by atoms with Crippen molar-refractivity contribution in [3.05, 3.63) is 60.2 Å². The predicted octanol–water partition coefficient (Wildman–Crippen LogP) is 3.57. The number of nitrogens with zero attached hydrogens (tertiary/aromatic N) is 3. The summed E-state index contributed by atoms with van der Waals surface area (Å²) < 4.78 is 31.3. The molecule has 0 spiro atoms. The summed E-state index contributed by atoms with van der Waals surface area (Å²) >= 11 is 0. The highest BCUT2D eigenvalue weighted by molar-refractivity contribution is 5.77. The van der Waals surface area contributed by atoms with Crippen molar-refractivity contribution in [2.75, 3.05) is 44.4 Å². The molecule has 1 atom stereocenters. The monoisotopic (exact) mass is 540 g/mol. The molecule has 1 aromatic heterocycles. The zero-order valence-corrected chi connectivity index (χ0v) is 22.5. The molecule has 0 aliphatic carbocycles. The zero-order valence-electron chi connectivity index (χ0n) is 22.5. The summed E-state index contributed by atoms with van der Waals surface area (Å²) in [4.78, 5) is 11.3. The Kier molecular flexibility index (Phi) is 10.3. The first-order chi connectivity index (χ1) is 19.0. The number of aliphatic hydroxyl groups excluding tert-OH is 2. The minimum Gasteiger partial charge on any atom is -0.493 e. The van der Waals surface area contributed by atoms with Crippen LogP contribution in [0.5, 0.6) is 17.2 Å². The van der Waals surface area contributed by atoms with E-state index < -0.39 is 6.10 Å². The molecule has 10 heteroatoms.